The predicted octanol–water partition coefficient (Wildman–Crippen LogP) is 3.15. The van der Waals surface area contributed by atoms with E-state index >= 15 is 0 Å². The van der Waals surface area contributed by atoms with Crippen molar-refractivity contribution in [2.75, 3.05) is 11.9 Å². The van der Waals surface area contributed by atoms with E-state index in [-0.39, 0.29) is 11.7 Å². The van der Waals surface area contributed by atoms with Gasteiger partial charge in [-0.2, -0.15) is 18.4 Å². The molecule has 0 saturated heterocycles. The smallest absolute Gasteiger partial charge is 0.393 e. The number of hydrogen-bond acceptors (Lipinski definition) is 3. The average Bonchev–Trinajstić information content (AvgIpc) is 2.80. The van der Waals surface area contributed by atoms with E-state index in [9.17, 15) is 18.3 Å². The van der Waals surface area contributed by atoms with Crippen molar-refractivity contribution in [3.05, 3.63) is 29.3 Å². The van der Waals surface area contributed by atoms with Crippen LogP contribution in [0.5, 0.6) is 0 Å². The first-order valence-corrected chi connectivity index (χ1v) is 6.43. The summed E-state index contributed by atoms with van der Waals surface area (Å²) in [5.74, 6) is 0.317. The van der Waals surface area contributed by atoms with Crippen molar-refractivity contribution in [1.29, 1.82) is 5.26 Å². The molecule has 1 aromatic rings. The van der Waals surface area contributed by atoms with Gasteiger partial charge in [-0.25, -0.2) is 0 Å². The van der Waals surface area contributed by atoms with Crippen molar-refractivity contribution in [3.63, 3.8) is 0 Å². The normalized spacial score (nSPS) is 22.6. The Morgan fingerprint density at radius 1 is 1.35 bits per heavy atom. The topological polar surface area (TPSA) is 56.0 Å². The van der Waals surface area contributed by atoms with E-state index in [1.807, 2.05) is 0 Å². The molecule has 1 aromatic carbocycles. The highest BCUT2D eigenvalue weighted by atomic mass is 19.4. The standard InChI is InChI=1S/C14H15F3N2O/c15-14(16,17)13-4-2-11(6-10(13)7-18)19-8-9-1-3-12(20)5-9/h2,4,6,9,12,19-20H,1,3,5,8H2. The van der Waals surface area contributed by atoms with Gasteiger partial charge in [-0.1, -0.05) is 0 Å². The summed E-state index contributed by atoms with van der Waals surface area (Å²) in [6.45, 7) is 0.591. The third-order valence-corrected chi connectivity index (χ3v) is 3.55. The number of nitrogens with zero attached hydrogens (tertiary/aromatic N) is 1. The molecule has 1 saturated carbocycles. The van der Waals surface area contributed by atoms with E-state index < -0.39 is 11.7 Å². The van der Waals surface area contributed by atoms with Gasteiger partial charge in [0.1, 0.15) is 0 Å². The van der Waals surface area contributed by atoms with Gasteiger partial charge in [0, 0.05) is 12.2 Å². The molecule has 0 aromatic heterocycles. The number of halogens is 3. The van der Waals surface area contributed by atoms with Crippen LogP contribution in [0, 0.1) is 17.2 Å². The number of nitriles is 1. The second-order valence-corrected chi connectivity index (χ2v) is 5.08. The SMILES string of the molecule is N#Cc1cc(NCC2CCC(O)C2)ccc1C(F)(F)F. The van der Waals surface area contributed by atoms with Gasteiger partial charge < -0.3 is 10.4 Å². The highest BCUT2D eigenvalue weighted by molar-refractivity contribution is 5.53. The van der Waals surface area contributed by atoms with Gasteiger partial charge in [-0.15, -0.1) is 0 Å². The molecule has 0 bridgehead atoms. The van der Waals surface area contributed by atoms with E-state index in [1.165, 1.54) is 12.1 Å². The van der Waals surface area contributed by atoms with Crippen molar-refractivity contribution in [2.24, 2.45) is 5.92 Å². The first kappa shape index (κ1) is 14.7. The summed E-state index contributed by atoms with van der Waals surface area (Å²) in [5.41, 5.74) is -0.799. The zero-order valence-corrected chi connectivity index (χ0v) is 10.7. The van der Waals surface area contributed by atoms with Gasteiger partial charge in [0.15, 0.2) is 0 Å². The lowest BCUT2D eigenvalue weighted by molar-refractivity contribution is -0.137. The van der Waals surface area contributed by atoms with Crippen LogP contribution >= 0.6 is 0 Å². The molecule has 6 heteroatoms. The summed E-state index contributed by atoms with van der Waals surface area (Å²) in [7, 11) is 0. The van der Waals surface area contributed by atoms with Gasteiger partial charge >= 0.3 is 6.18 Å². The molecule has 1 aliphatic carbocycles. The fourth-order valence-corrected chi connectivity index (χ4v) is 2.49. The Kier molecular flexibility index (Phi) is 4.19. The number of anilines is 1. The van der Waals surface area contributed by atoms with Crippen LogP contribution in [0.1, 0.15) is 30.4 Å². The highest BCUT2D eigenvalue weighted by Gasteiger charge is 2.33. The monoisotopic (exact) mass is 284 g/mol. The molecule has 3 nitrogen and oxygen atoms in total. The maximum atomic E-state index is 12.6. The number of aliphatic hydroxyl groups is 1. The summed E-state index contributed by atoms with van der Waals surface area (Å²) < 4.78 is 37.9. The van der Waals surface area contributed by atoms with Crippen LogP contribution in [0.15, 0.2) is 18.2 Å². The molecule has 0 radical (unpaired) electrons. The number of rotatable bonds is 3. The van der Waals surface area contributed by atoms with Crippen LogP contribution in [0.2, 0.25) is 0 Å². The van der Waals surface area contributed by atoms with Crippen LogP contribution < -0.4 is 5.32 Å². The summed E-state index contributed by atoms with van der Waals surface area (Å²) in [6, 6.07) is 5.04. The molecule has 1 aliphatic rings. The minimum absolute atomic E-state index is 0.274. The molecule has 1 fully saturated rings. The van der Waals surface area contributed by atoms with E-state index in [4.69, 9.17) is 5.26 Å². The number of nitrogens with one attached hydrogen (secondary N) is 1. The van der Waals surface area contributed by atoms with E-state index in [1.54, 1.807) is 6.07 Å². The summed E-state index contributed by atoms with van der Waals surface area (Å²) >= 11 is 0. The molecule has 2 rings (SSSR count). The Labute approximate surface area is 115 Å². The van der Waals surface area contributed by atoms with Gasteiger partial charge in [0.05, 0.1) is 23.3 Å². The molecule has 0 amide bonds. The van der Waals surface area contributed by atoms with Gasteiger partial charge in [-0.3, -0.25) is 0 Å². The minimum atomic E-state index is -4.51. The molecular weight excluding hydrogens is 269 g/mol. The van der Waals surface area contributed by atoms with Crippen LogP contribution in [0.25, 0.3) is 0 Å². The second-order valence-electron chi connectivity index (χ2n) is 5.08. The zero-order chi connectivity index (χ0) is 14.8. The Hall–Kier alpha value is -1.74. The van der Waals surface area contributed by atoms with Gasteiger partial charge in [-0.05, 0) is 43.4 Å². The summed E-state index contributed by atoms with van der Waals surface area (Å²) in [4.78, 5) is 0. The maximum absolute atomic E-state index is 12.6. The van der Waals surface area contributed by atoms with Gasteiger partial charge in [0.2, 0.25) is 0 Å². The second kappa shape index (κ2) is 5.71. The number of hydrogen-bond donors (Lipinski definition) is 2. The Balaban J connectivity index is 2.05. The molecule has 108 valence electrons. The number of benzene rings is 1. The molecule has 2 atom stereocenters. The van der Waals surface area contributed by atoms with E-state index in [0.29, 0.717) is 24.6 Å². The Bertz CT molecular complexity index is 522. The molecular formula is C14H15F3N2O. The van der Waals surface area contributed by atoms with Crippen molar-refractivity contribution in [1.82, 2.24) is 0 Å². The first-order valence-electron chi connectivity index (χ1n) is 6.43. The van der Waals surface area contributed by atoms with Crippen LogP contribution in [0.3, 0.4) is 0 Å². The molecule has 0 aliphatic heterocycles. The third-order valence-electron chi connectivity index (χ3n) is 3.55. The fraction of sp³-hybridized carbons (Fsp3) is 0.500. The van der Waals surface area contributed by atoms with Crippen molar-refractivity contribution >= 4 is 5.69 Å². The van der Waals surface area contributed by atoms with Crippen molar-refractivity contribution in [3.8, 4) is 6.07 Å². The summed E-state index contributed by atoms with van der Waals surface area (Å²) in [5, 5.41) is 21.2. The number of alkyl halides is 3. The molecule has 2 unspecified atom stereocenters. The lowest BCUT2D eigenvalue weighted by Crippen LogP contribution is -2.13. The van der Waals surface area contributed by atoms with Crippen molar-refractivity contribution < 1.29 is 18.3 Å². The number of aliphatic hydroxyl groups excluding tert-OH is 1. The summed E-state index contributed by atoms with van der Waals surface area (Å²) in [6.07, 6.45) is -2.41. The minimum Gasteiger partial charge on any atom is -0.393 e. The van der Waals surface area contributed by atoms with Crippen LogP contribution in [0.4, 0.5) is 18.9 Å². The van der Waals surface area contributed by atoms with Crippen LogP contribution in [-0.2, 0) is 6.18 Å². The molecule has 0 heterocycles. The van der Waals surface area contributed by atoms with E-state index in [0.717, 1.165) is 18.9 Å². The molecule has 20 heavy (non-hydrogen) atoms. The fourth-order valence-electron chi connectivity index (χ4n) is 2.49. The lowest BCUT2D eigenvalue weighted by atomic mass is 10.1. The first-order chi connectivity index (χ1) is 9.40. The van der Waals surface area contributed by atoms with E-state index in [2.05, 4.69) is 5.32 Å². The molecule has 2 N–H and O–H groups in total. The zero-order valence-electron chi connectivity index (χ0n) is 10.7. The van der Waals surface area contributed by atoms with Crippen molar-refractivity contribution in [2.45, 2.75) is 31.5 Å². The maximum Gasteiger partial charge on any atom is 0.417 e. The van der Waals surface area contributed by atoms with Gasteiger partial charge in [0.25, 0.3) is 0 Å². The Morgan fingerprint density at radius 2 is 2.10 bits per heavy atom. The molecule has 0 spiro atoms. The largest absolute Gasteiger partial charge is 0.417 e. The Morgan fingerprint density at radius 3 is 2.65 bits per heavy atom. The predicted molar refractivity (Wildman–Crippen MR) is 68.0 cm³/mol. The van der Waals surface area contributed by atoms with Crippen LogP contribution in [-0.4, -0.2) is 17.8 Å². The lowest BCUT2D eigenvalue weighted by Gasteiger charge is -2.14. The average molecular weight is 284 g/mol. The third kappa shape index (κ3) is 3.42. The highest BCUT2D eigenvalue weighted by Crippen LogP contribution is 2.33. The quantitative estimate of drug-likeness (QED) is 0.896.